The summed E-state index contributed by atoms with van der Waals surface area (Å²) in [5, 5.41) is 8.53. The molecule has 5 heteroatoms. The molecule has 0 amide bonds. The lowest BCUT2D eigenvalue weighted by molar-refractivity contribution is 0.184. The van der Waals surface area contributed by atoms with Gasteiger partial charge in [-0.05, 0) is 33.4 Å². The number of aromatic nitrogens is 2. The summed E-state index contributed by atoms with van der Waals surface area (Å²) >= 11 is 6.28. The van der Waals surface area contributed by atoms with Crippen LogP contribution in [0.4, 0.5) is 0 Å². The Morgan fingerprint density at radius 2 is 2.29 bits per heavy atom. The van der Waals surface area contributed by atoms with Crippen LogP contribution in [0, 0.1) is 6.92 Å². The van der Waals surface area contributed by atoms with Crippen LogP contribution in [0.25, 0.3) is 0 Å². The van der Waals surface area contributed by atoms with Gasteiger partial charge in [0, 0.05) is 26.2 Å². The van der Waals surface area contributed by atoms with Gasteiger partial charge >= 0.3 is 0 Å². The highest BCUT2D eigenvalue weighted by Gasteiger charge is 2.21. The molecule has 1 aliphatic rings. The van der Waals surface area contributed by atoms with Crippen LogP contribution in [0.15, 0.2) is 0 Å². The van der Waals surface area contributed by atoms with Gasteiger partial charge in [-0.2, -0.15) is 5.10 Å². The fraction of sp³-hybridized carbons (Fsp3) is 0.750. The lowest BCUT2D eigenvalue weighted by Crippen LogP contribution is -2.44. The Balaban J connectivity index is 2.05. The van der Waals surface area contributed by atoms with E-state index in [-0.39, 0.29) is 0 Å². The van der Waals surface area contributed by atoms with Crippen LogP contribution in [0.3, 0.4) is 0 Å². The van der Waals surface area contributed by atoms with E-state index in [1.54, 1.807) is 0 Å². The molecular formula is C12H21ClN4. The van der Waals surface area contributed by atoms with Crippen LogP contribution in [0.2, 0.25) is 5.02 Å². The first-order chi connectivity index (χ1) is 8.11. The lowest BCUT2D eigenvalue weighted by atomic mass is 10.1. The summed E-state index contributed by atoms with van der Waals surface area (Å²) in [5.41, 5.74) is 2.05. The normalized spacial score (nSPS) is 22.0. The molecule has 0 saturated carbocycles. The van der Waals surface area contributed by atoms with Crippen LogP contribution in [0.1, 0.15) is 24.2 Å². The fourth-order valence-corrected chi connectivity index (χ4v) is 2.72. The van der Waals surface area contributed by atoms with Gasteiger partial charge in [0.05, 0.1) is 16.4 Å². The molecule has 96 valence electrons. The van der Waals surface area contributed by atoms with Gasteiger partial charge < -0.3 is 5.32 Å². The van der Waals surface area contributed by atoms with Crippen LogP contribution in [-0.4, -0.2) is 40.9 Å². The summed E-state index contributed by atoms with van der Waals surface area (Å²) in [7, 11) is 4.00. The molecule has 1 aromatic heterocycles. The molecule has 1 aliphatic heterocycles. The summed E-state index contributed by atoms with van der Waals surface area (Å²) in [4.78, 5) is 2.45. The highest BCUT2D eigenvalue weighted by Crippen LogP contribution is 2.22. The van der Waals surface area contributed by atoms with E-state index in [9.17, 15) is 0 Å². The maximum Gasteiger partial charge on any atom is 0.0860 e. The first kappa shape index (κ1) is 12.9. The standard InChI is InChI=1S/C12H21ClN4/c1-9-12(13)11(16(3)15-9)8-17-6-4-5-10(7-17)14-2/h10,14H,4-8H2,1-3H3. The van der Waals surface area contributed by atoms with Crippen molar-refractivity contribution in [2.45, 2.75) is 32.4 Å². The van der Waals surface area contributed by atoms with Crippen molar-refractivity contribution in [3.05, 3.63) is 16.4 Å². The molecule has 0 aliphatic carbocycles. The number of piperidine rings is 1. The monoisotopic (exact) mass is 256 g/mol. The Morgan fingerprint density at radius 3 is 2.88 bits per heavy atom. The Morgan fingerprint density at radius 1 is 1.53 bits per heavy atom. The van der Waals surface area contributed by atoms with E-state index in [4.69, 9.17) is 11.6 Å². The Hall–Kier alpha value is -0.580. The molecule has 0 radical (unpaired) electrons. The zero-order valence-electron chi connectivity index (χ0n) is 10.8. The van der Waals surface area contributed by atoms with Crippen molar-refractivity contribution in [2.75, 3.05) is 20.1 Å². The van der Waals surface area contributed by atoms with E-state index in [1.165, 1.54) is 12.8 Å². The second-order valence-electron chi connectivity index (χ2n) is 4.83. The number of hydrogen-bond acceptors (Lipinski definition) is 3. The molecule has 0 spiro atoms. The van der Waals surface area contributed by atoms with Crippen molar-refractivity contribution in [1.82, 2.24) is 20.0 Å². The van der Waals surface area contributed by atoms with Crippen LogP contribution >= 0.6 is 11.6 Å². The zero-order valence-corrected chi connectivity index (χ0v) is 11.6. The average Bonchev–Trinajstić information content (AvgIpc) is 2.56. The summed E-state index contributed by atoms with van der Waals surface area (Å²) in [6.45, 7) is 5.10. The maximum atomic E-state index is 6.28. The Labute approximate surface area is 108 Å². The number of rotatable bonds is 3. The summed E-state index contributed by atoms with van der Waals surface area (Å²) in [6.07, 6.45) is 2.52. The van der Waals surface area contributed by atoms with Crippen LogP contribution in [-0.2, 0) is 13.6 Å². The van der Waals surface area contributed by atoms with Crippen molar-refractivity contribution in [3.63, 3.8) is 0 Å². The molecule has 4 nitrogen and oxygen atoms in total. The molecule has 2 rings (SSSR count). The quantitative estimate of drug-likeness (QED) is 0.891. The smallest absolute Gasteiger partial charge is 0.0860 e. The predicted molar refractivity (Wildman–Crippen MR) is 70.3 cm³/mol. The number of likely N-dealkylation sites (tertiary alicyclic amines) is 1. The van der Waals surface area contributed by atoms with Gasteiger partial charge in [-0.25, -0.2) is 0 Å². The second kappa shape index (κ2) is 5.38. The topological polar surface area (TPSA) is 33.1 Å². The SMILES string of the molecule is CNC1CCCN(Cc2c(Cl)c(C)nn2C)C1. The van der Waals surface area contributed by atoms with E-state index in [0.717, 1.165) is 36.0 Å². The molecule has 1 aromatic rings. The number of nitrogens with one attached hydrogen (secondary N) is 1. The molecule has 1 saturated heterocycles. The van der Waals surface area contributed by atoms with Gasteiger partial charge in [0.25, 0.3) is 0 Å². The van der Waals surface area contributed by atoms with Gasteiger partial charge in [0.2, 0.25) is 0 Å². The maximum absolute atomic E-state index is 6.28. The minimum atomic E-state index is 0.608. The number of aryl methyl sites for hydroxylation is 2. The number of halogens is 1. The third kappa shape index (κ3) is 2.81. The van der Waals surface area contributed by atoms with Crippen molar-refractivity contribution in [3.8, 4) is 0 Å². The second-order valence-corrected chi connectivity index (χ2v) is 5.21. The van der Waals surface area contributed by atoms with E-state index in [2.05, 4.69) is 15.3 Å². The first-order valence-electron chi connectivity index (χ1n) is 6.19. The van der Waals surface area contributed by atoms with Crippen LogP contribution < -0.4 is 5.32 Å². The van der Waals surface area contributed by atoms with E-state index in [1.807, 2.05) is 25.7 Å². The third-order valence-electron chi connectivity index (χ3n) is 3.55. The van der Waals surface area contributed by atoms with Gasteiger partial charge in [-0.1, -0.05) is 11.6 Å². The first-order valence-corrected chi connectivity index (χ1v) is 6.57. The molecule has 0 aromatic carbocycles. The Bertz CT molecular complexity index is 388. The number of nitrogens with zero attached hydrogens (tertiary/aromatic N) is 3. The molecule has 2 heterocycles. The average molecular weight is 257 g/mol. The van der Waals surface area contributed by atoms with Crippen molar-refractivity contribution in [1.29, 1.82) is 0 Å². The molecule has 0 bridgehead atoms. The fourth-order valence-electron chi connectivity index (χ4n) is 2.50. The van der Waals surface area contributed by atoms with Crippen molar-refractivity contribution in [2.24, 2.45) is 7.05 Å². The van der Waals surface area contributed by atoms with Crippen molar-refractivity contribution >= 4 is 11.6 Å². The van der Waals surface area contributed by atoms with E-state index >= 15 is 0 Å². The largest absolute Gasteiger partial charge is 0.316 e. The molecule has 1 unspecified atom stereocenters. The van der Waals surface area contributed by atoms with Gasteiger partial charge in [-0.3, -0.25) is 9.58 Å². The molecule has 1 fully saturated rings. The van der Waals surface area contributed by atoms with Crippen molar-refractivity contribution < 1.29 is 0 Å². The number of hydrogen-bond donors (Lipinski definition) is 1. The third-order valence-corrected chi connectivity index (χ3v) is 4.04. The highest BCUT2D eigenvalue weighted by molar-refractivity contribution is 6.31. The minimum Gasteiger partial charge on any atom is -0.316 e. The highest BCUT2D eigenvalue weighted by atomic mass is 35.5. The van der Waals surface area contributed by atoms with Gasteiger partial charge in [-0.15, -0.1) is 0 Å². The van der Waals surface area contributed by atoms with Gasteiger partial charge in [0.15, 0.2) is 0 Å². The zero-order chi connectivity index (χ0) is 12.4. The Kier molecular flexibility index (Phi) is 4.07. The van der Waals surface area contributed by atoms with Crippen LogP contribution in [0.5, 0.6) is 0 Å². The van der Waals surface area contributed by atoms with Gasteiger partial charge in [0.1, 0.15) is 0 Å². The van der Waals surface area contributed by atoms with E-state index in [0.29, 0.717) is 6.04 Å². The summed E-state index contributed by atoms with van der Waals surface area (Å²) in [5.74, 6) is 0. The van der Waals surface area contributed by atoms with E-state index < -0.39 is 0 Å². The predicted octanol–water partition coefficient (Wildman–Crippen LogP) is 1.57. The molecule has 1 N–H and O–H groups in total. The molecule has 17 heavy (non-hydrogen) atoms. The minimum absolute atomic E-state index is 0.608. The summed E-state index contributed by atoms with van der Waals surface area (Å²) < 4.78 is 1.90. The lowest BCUT2D eigenvalue weighted by Gasteiger charge is -2.32. The summed E-state index contributed by atoms with van der Waals surface area (Å²) in [6, 6.07) is 0.608. The number of likely N-dealkylation sites (N-methyl/N-ethyl adjacent to an activating group) is 1. The molecular weight excluding hydrogens is 236 g/mol. The molecule has 1 atom stereocenters.